The highest BCUT2D eigenvalue weighted by Gasteiger charge is 2.37. The van der Waals surface area contributed by atoms with E-state index in [1.165, 1.54) is 12.8 Å². The van der Waals surface area contributed by atoms with Crippen LogP contribution in [0.5, 0.6) is 0 Å². The van der Waals surface area contributed by atoms with Crippen LogP contribution in [0, 0.1) is 12.3 Å². The molecular weight excluding hydrogens is 242 g/mol. The maximum atomic E-state index is 12.3. The molecule has 3 heterocycles. The molecule has 3 rings (SSSR count). The summed E-state index contributed by atoms with van der Waals surface area (Å²) in [6.45, 7) is 5.77. The second-order valence-electron chi connectivity index (χ2n) is 5.87. The lowest BCUT2D eigenvalue weighted by molar-refractivity contribution is 0.0462. The van der Waals surface area contributed by atoms with E-state index >= 15 is 0 Å². The Labute approximate surface area is 113 Å². The second kappa shape index (κ2) is 4.96. The van der Waals surface area contributed by atoms with Gasteiger partial charge in [0.15, 0.2) is 0 Å². The van der Waals surface area contributed by atoms with E-state index in [4.69, 9.17) is 4.52 Å². The van der Waals surface area contributed by atoms with E-state index in [0.29, 0.717) is 11.2 Å². The number of nitrogens with one attached hydrogen (secondary N) is 1. The molecule has 2 fully saturated rings. The van der Waals surface area contributed by atoms with Crippen molar-refractivity contribution in [1.82, 2.24) is 15.4 Å². The van der Waals surface area contributed by atoms with Crippen molar-refractivity contribution in [3.63, 3.8) is 0 Å². The highest BCUT2D eigenvalue weighted by molar-refractivity contribution is 5.91. The molecule has 0 bridgehead atoms. The highest BCUT2D eigenvalue weighted by atomic mass is 16.5. The molecule has 0 unspecified atom stereocenters. The number of piperidine rings is 2. The minimum atomic E-state index is -0.00983. The van der Waals surface area contributed by atoms with Gasteiger partial charge < -0.3 is 14.7 Å². The lowest BCUT2D eigenvalue weighted by Gasteiger charge is -2.44. The van der Waals surface area contributed by atoms with E-state index in [9.17, 15) is 4.79 Å². The molecule has 2 aliphatic heterocycles. The summed E-state index contributed by atoms with van der Waals surface area (Å²) in [6.07, 6.45) is 4.73. The quantitative estimate of drug-likeness (QED) is 0.836. The Balaban J connectivity index is 1.62. The number of carbonyl (C=O) groups excluding carboxylic acids is 1. The molecule has 1 spiro atoms. The van der Waals surface area contributed by atoms with E-state index in [1.807, 2.05) is 11.8 Å². The Kier molecular flexibility index (Phi) is 3.31. The monoisotopic (exact) mass is 263 g/mol. The highest BCUT2D eigenvalue weighted by Crippen LogP contribution is 2.39. The number of likely N-dealkylation sites (tertiary alicyclic amines) is 1. The predicted octanol–water partition coefficient (Wildman–Crippen LogP) is 1.59. The Morgan fingerprint density at radius 1 is 1.32 bits per heavy atom. The van der Waals surface area contributed by atoms with Gasteiger partial charge in [-0.25, -0.2) is 0 Å². The second-order valence-corrected chi connectivity index (χ2v) is 5.87. The van der Waals surface area contributed by atoms with E-state index in [1.54, 1.807) is 6.07 Å². The molecule has 5 nitrogen and oxygen atoms in total. The first-order valence-electron chi connectivity index (χ1n) is 7.12. The van der Waals surface area contributed by atoms with E-state index in [2.05, 4.69) is 10.5 Å². The number of carbonyl (C=O) groups is 1. The van der Waals surface area contributed by atoms with Crippen molar-refractivity contribution in [2.45, 2.75) is 32.6 Å². The van der Waals surface area contributed by atoms with E-state index in [0.717, 1.165) is 44.7 Å². The molecule has 2 aliphatic rings. The maximum Gasteiger partial charge on any atom is 0.292 e. The molecule has 1 aromatic rings. The molecule has 0 atom stereocenters. The van der Waals surface area contributed by atoms with Gasteiger partial charge in [-0.05, 0) is 51.1 Å². The fraction of sp³-hybridized carbons (Fsp3) is 0.714. The average Bonchev–Trinajstić information content (AvgIpc) is 2.87. The van der Waals surface area contributed by atoms with Crippen molar-refractivity contribution in [2.24, 2.45) is 5.41 Å². The van der Waals surface area contributed by atoms with Gasteiger partial charge in [-0.2, -0.15) is 0 Å². The zero-order valence-corrected chi connectivity index (χ0v) is 11.4. The van der Waals surface area contributed by atoms with Gasteiger partial charge in [0.1, 0.15) is 0 Å². The normalized spacial score (nSPS) is 22.7. The third kappa shape index (κ3) is 2.52. The molecule has 0 aliphatic carbocycles. The molecule has 1 aromatic heterocycles. The summed E-state index contributed by atoms with van der Waals surface area (Å²) < 4.78 is 5.07. The first-order chi connectivity index (χ1) is 9.19. The van der Waals surface area contributed by atoms with Gasteiger partial charge >= 0.3 is 0 Å². The van der Waals surface area contributed by atoms with E-state index < -0.39 is 0 Å². The number of amides is 1. The van der Waals surface area contributed by atoms with Crippen LogP contribution in [-0.4, -0.2) is 42.1 Å². The van der Waals surface area contributed by atoms with Crippen LogP contribution in [-0.2, 0) is 0 Å². The molecule has 0 aromatic carbocycles. The van der Waals surface area contributed by atoms with Crippen LogP contribution >= 0.6 is 0 Å². The van der Waals surface area contributed by atoms with Crippen molar-refractivity contribution in [2.75, 3.05) is 26.2 Å². The first kappa shape index (κ1) is 12.7. The molecule has 0 saturated carbocycles. The van der Waals surface area contributed by atoms with Crippen LogP contribution < -0.4 is 5.32 Å². The average molecular weight is 263 g/mol. The molecule has 19 heavy (non-hydrogen) atoms. The topological polar surface area (TPSA) is 58.4 Å². The summed E-state index contributed by atoms with van der Waals surface area (Å²) in [5.41, 5.74) is 1.23. The van der Waals surface area contributed by atoms with Crippen molar-refractivity contribution < 1.29 is 9.32 Å². The molecule has 1 N–H and O–H groups in total. The summed E-state index contributed by atoms with van der Waals surface area (Å²) in [5.74, 6) is 0.364. The zero-order valence-electron chi connectivity index (χ0n) is 11.4. The van der Waals surface area contributed by atoms with Crippen LogP contribution in [0.2, 0.25) is 0 Å². The van der Waals surface area contributed by atoms with Gasteiger partial charge in [0.2, 0.25) is 5.76 Å². The van der Waals surface area contributed by atoms with E-state index in [-0.39, 0.29) is 5.91 Å². The Hall–Kier alpha value is -1.36. The van der Waals surface area contributed by atoms with Gasteiger partial charge in [0, 0.05) is 19.2 Å². The summed E-state index contributed by atoms with van der Waals surface area (Å²) >= 11 is 0. The van der Waals surface area contributed by atoms with Gasteiger partial charge in [-0.3, -0.25) is 4.79 Å². The standard InChI is InChI=1S/C14H21N3O2/c1-11-10-12(19-16-11)13(18)17-8-4-14(5-9-17)2-6-15-7-3-14/h10,15H,2-9H2,1H3. The van der Waals surface area contributed by atoms with Crippen LogP contribution in [0.25, 0.3) is 0 Å². The van der Waals surface area contributed by atoms with Crippen LogP contribution in [0.3, 0.4) is 0 Å². The minimum absolute atomic E-state index is 0.00983. The lowest BCUT2D eigenvalue weighted by Crippen LogP contribution is -2.47. The SMILES string of the molecule is Cc1cc(C(=O)N2CCC3(CCNCC3)CC2)on1. The summed E-state index contributed by atoms with van der Waals surface area (Å²) in [7, 11) is 0. The van der Waals surface area contributed by atoms with Gasteiger partial charge in [-0.1, -0.05) is 5.16 Å². The third-order valence-corrected chi connectivity index (χ3v) is 4.61. The molecule has 5 heteroatoms. The fourth-order valence-electron chi connectivity index (χ4n) is 3.26. The van der Waals surface area contributed by atoms with Gasteiger partial charge in [-0.15, -0.1) is 0 Å². The van der Waals surface area contributed by atoms with Crippen molar-refractivity contribution >= 4 is 5.91 Å². The number of aromatic nitrogens is 1. The fourth-order valence-corrected chi connectivity index (χ4v) is 3.26. The van der Waals surface area contributed by atoms with Crippen LogP contribution in [0.15, 0.2) is 10.6 Å². The predicted molar refractivity (Wildman–Crippen MR) is 70.9 cm³/mol. The Morgan fingerprint density at radius 2 is 2.00 bits per heavy atom. The Bertz CT molecular complexity index is 453. The number of hydrogen-bond donors (Lipinski definition) is 1. The smallest absolute Gasteiger partial charge is 0.292 e. The van der Waals surface area contributed by atoms with Gasteiger partial charge in [0.25, 0.3) is 5.91 Å². The molecule has 2 saturated heterocycles. The largest absolute Gasteiger partial charge is 0.351 e. The number of aryl methyl sites for hydroxylation is 1. The summed E-state index contributed by atoms with van der Waals surface area (Å²) in [5, 5.41) is 7.20. The minimum Gasteiger partial charge on any atom is -0.351 e. The molecular formula is C14H21N3O2. The first-order valence-corrected chi connectivity index (χ1v) is 7.12. The number of hydrogen-bond acceptors (Lipinski definition) is 4. The zero-order chi connectivity index (χ0) is 13.3. The number of nitrogens with zero attached hydrogens (tertiary/aromatic N) is 2. The summed E-state index contributed by atoms with van der Waals surface area (Å²) in [6, 6.07) is 1.72. The maximum absolute atomic E-state index is 12.3. The lowest BCUT2D eigenvalue weighted by atomic mass is 9.71. The number of rotatable bonds is 1. The summed E-state index contributed by atoms with van der Waals surface area (Å²) in [4.78, 5) is 14.2. The van der Waals surface area contributed by atoms with Crippen molar-refractivity contribution in [1.29, 1.82) is 0 Å². The molecule has 0 radical (unpaired) electrons. The third-order valence-electron chi connectivity index (χ3n) is 4.61. The molecule has 104 valence electrons. The van der Waals surface area contributed by atoms with Crippen LogP contribution in [0.1, 0.15) is 41.9 Å². The van der Waals surface area contributed by atoms with Crippen molar-refractivity contribution in [3.05, 3.63) is 17.5 Å². The van der Waals surface area contributed by atoms with Crippen LogP contribution in [0.4, 0.5) is 0 Å². The Morgan fingerprint density at radius 3 is 2.58 bits per heavy atom. The molecule has 1 amide bonds. The van der Waals surface area contributed by atoms with Crippen molar-refractivity contribution in [3.8, 4) is 0 Å². The van der Waals surface area contributed by atoms with Gasteiger partial charge in [0.05, 0.1) is 5.69 Å².